The van der Waals surface area contributed by atoms with E-state index in [9.17, 15) is 0 Å². The number of hydrogen-bond donors (Lipinski definition) is 1. The monoisotopic (exact) mass is 180 g/mol. The van der Waals surface area contributed by atoms with Gasteiger partial charge in [0.25, 0.3) is 0 Å². The fraction of sp³-hybridized carbons (Fsp3) is 0. The van der Waals surface area contributed by atoms with E-state index in [0.29, 0.717) is 0 Å². The molecule has 0 bridgehead atoms. The van der Waals surface area contributed by atoms with Gasteiger partial charge in [0.05, 0.1) is 0 Å². The Morgan fingerprint density at radius 3 is 1.57 bits per heavy atom. The van der Waals surface area contributed by atoms with E-state index < -0.39 is 6.16 Å². The number of rotatable bonds is 0. The maximum absolute atomic E-state index is 8.44. The average Bonchev–Trinajstić information content (AvgIpc) is 0.811. The van der Waals surface area contributed by atoms with Crippen molar-refractivity contribution in [2.75, 3.05) is 0 Å². The van der Waals surface area contributed by atoms with Gasteiger partial charge in [-0.3, -0.25) is 0 Å². The molecule has 0 aromatic carbocycles. The molecule has 0 radical (unpaired) electrons. The van der Waals surface area contributed by atoms with Gasteiger partial charge in [-0.05, 0) is 0 Å². The molecule has 32 valence electrons. The van der Waals surface area contributed by atoms with Crippen molar-refractivity contribution < 1.29 is 91.3 Å². The molecule has 0 saturated heterocycles. The van der Waals surface area contributed by atoms with Crippen LogP contribution in [0.2, 0.25) is 0 Å². The zero-order valence-electron chi connectivity index (χ0n) is 3.88. The second-order valence-corrected chi connectivity index (χ2v) is 0.266. The molecule has 0 unspecified atom stereocenters. The number of hydrogen-bond acceptors (Lipinski definition) is 2. The maximum Gasteiger partial charge on any atom is 2.00 e. The van der Waals surface area contributed by atoms with Crippen LogP contribution in [0, 0.1) is 0 Å². The summed E-state index contributed by atoms with van der Waals surface area (Å²) in [4.78, 5) is 8.44. The Hall–Kier alpha value is 1.49. The van der Waals surface area contributed by atoms with Crippen molar-refractivity contribution in [3.8, 4) is 0 Å². The largest absolute Gasteiger partial charge is 2.00 e. The Bertz CT molecular complexity index is 34.7. The Balaban J connectivity index is -0.0000000150. The fourth-order valence-electron chi connectivity index (χ4n) is 0. The normalized spacial score (nSPS) is 3.43. The first-order valence-electron chi connectivity index (χ1n) is 0.632. The minimum absolute atomic E-state index is 0. The Morgan fingerprint density at radius 2 is 1.57 bits per heavy atom. The molecule has 0 atom stereocenters. The average molecular weight is 182 g/mol. The SMILES string of the molecule is O=C([O-])O.[K+].[O-2].[Zn+2]. The quantitative estimate of drug-likeness (QED) is 0.384. The van der Waals surface area contributed by atoms with E-state index in [2.05, 4.69) is 0 Å². The third-order valence-electron chi connectivity index (χ3n) is 0. The van der Waals surface area contributed by atoms with Crippen molar-refractivity contribution in [2.24, 2.45) is 0 Å². The molecule has 0 heterocycles. The van der Waals surface area contributed by atoms with Crippen molar-refractivity contribution in [2.45, 2.75) is 0 Å². The van der Waals surface area contributed by atoms with E-state index in [0.717, 1.165) is 0 Å². The van der Waals surface area contributed by atoms with Crippen LogP contribution in [0.1, 0.15) is 0 Å². The van der Waals surface area contributed by atoms with Crippen LogP contribution in [0.3, 0.4) is 0 Å². The first kappa shape index (κ1) is 23.6. The van der Waals surface area contributed by atoms with Crippen molar-refractivity contribution in [3.63, 3.8) is 0 Å². The minimum Gasteiger partial charge on any atom is -2.00 e. The molecule has 0 saturated carbocycles. The predicted octanol–water partition coefficient (Wildman–Crippen LogP) is -4.23. The van der Waals surface area contributed by atoms with Gasteiger partial charge in [-0.2, -0.15) is 0 Å². The summed E-state index contributed by atoms with van der Waals surface area (Å²) in [5.41, 5.74) is 0. The van der Waals surface area contributed by atoms with Gasteiger partial charge < -0.3 is 20.5 Å². The number of carboxylic acid groups (broad SMARTS) is 2. The second kappa shape index (κ2) is 15.6. The first-order valence-corrected chi connectivity index (χ1v) is 0.632. The van der Waals surface area contributed by atoms with Crippen LogP contribution in [-0.2, 0) is 25.0 Å². The molecular formula is CHKO4Zn. The van der Waals surface area contributed by atoms with Gasteiger partial charge in [0, 0.05) is 0 Å². The molecule has 1 N–H and O–H groups in total. The van der Waals surface area contributed by atoms with E-state index in [1.165, 1.54) is 0 Å². The summed E-state index contributed by atoms with van der Waals surface area (Å²) < 4.78 is 0. The summed E-state index contributed by atoms with van der Waals surface area (Å²) in [6, 6.07) is 0. The third-order valence-corrected chi connectivity index (χ3v) is 0. The van der Waals surface area contributed by atoms with Crippen molar-refractivity contribution in [1.82, 2.24) is 0 Å². The van der Waals surface area contributed by atoms with Gasteiger partial charge in [-0.1, -0.05) is 0 Å². The van der Waals surface area contributed by atoms with Crippen LogP contribution in [0.15, 0.2) is 0 Å². The summed E-state index contributed by atoms with van der Waals surface area (Å²) in [5.74, 6) is 0. The van der Waals surface area contributed by atoms with Crippen LogP contribution < -0.4 is 56.5 Å². The molecule has 0 fully saturated rings. The standard InChI is InChI=1S/CH2O3.K.O.Zn/c2-1(3)4;;;/h(H2,2,3,4);;;/q;+1;-2;+2/p-1. The predicted molar refractivity (Wildman–Crippen MR) is 8.71 cm³/mol. The van der Waals surface area contributed by atoms with Crippen molar-refractivity contribution in [3.05, 3.63) is 0 Å². The summed E-state index contributed by atoms with van der Waals surface area (Å²) in [6.45, 7) is 0. The topological polar surface area (TPSA) is 88.9 Å². The van der Waals surface area contributed by atoms with Gasteiger partial charge in [0.15, 0.2) is 0 Å². The molecule has 0 spiro atoms. The Morgan fingerprint density at radius 1 is 1.57 bits per heavy atom. The Kier molecular flexibility index (Phi) is 52.8. The van der Waals surface area contributed by atoms with Crippen LogP contribution in [0.4, 0.5) is 4.79 Å². The summed E-state index contributed by atoms with van der Waals surface area (Å²) in [5, 5.41) is 15.3. The van der Waals surface area contributed by atoms with Gasteiger partial charge in [0.1, 0.15) is 0 Å². The molecule has 0 aromatic rings. The molecule has 7 heavy (non-hydrogen) atoms. The fourth-order valence-corrected chi connectivity index (χ4v) is 0. The van der Waals surface area contributed by atoms with E-state index in [-0.39, 0.29) is 76.3 Å². The minimum atomic E-state index is -2.08. The van der Waals surface area contributed by atoms with Gasteiger partial charge in [0.2, 0.25) is 6.16 Å². The van der Waals surface area contributed by atoms with Gasteiger partial charge >= 0.3 is 70.9 Å². The van der Waals surface area contributed by atoms with E-state index >= 15 is 0 Å². The molecule has 0 aliphatic heterocycles. The Labute approximate surface area is 95.8 Å². The van der Waals surface area contributed by atoms with Crippen molar-refractivity contribution in [1.29, 1.82) is 0 Å². The van der Waals surface area contributed by atoms with Gasteiger partial charge in [-0.25, -0.2) is 0 Å². The summed E-state index contributed by atoms with van der Waals surface area (Å²) in [6.07, 6.45) is -2.08. The molecule has 0 amide bonds. The zero-order chi connectivity index (χ0) is 3.58. The smallest absolute Gasteiger partial charge is 2.00 e. The maximum atomic E-state index is 8.44. The van der Waals surface area contributed by atoms with Crippen LogP contribution >= 0.6 is 0 Å². The molecule has 0 aliphatic carbocycles. The third kappa shape index (κ3) is 102. The van der Waals surface area contributed by atoms with Crippen LogP contribution in [-0.4, -0.2) is 11.3 Å². The molecular weight excluding hydrogens is 180 g/mol. The zero-order valence-corrected chi connectivity index (χ0v) is 9.97. The van der Waals surface area contributed by atoms with E-state index in [4.69, 9.17) is 15.0 Å². The molecule has 0 aliphatic rings. The first-order chi connectivity index (χ1) is 1.73. The van der Waals surface area contributed by atoms with Crippen LogP contribution in [0.25, 0.3) is 0 Å². The molecule has 6 heteroatoms. The summed E-state index contributed by atoms with van der Waals surface area (Å²) >= 11 is 0. The molecule has 4 nitrogen and oxygen atoms in total. The van der Waals surface area contributed by atoms with E-state index in [1.807, 2.05) is 0 Å². The van der Waals surface area contributed by atoms with E-state index in [1.54, 1.807) is 0 Å². The summed E-state index contributed by atoms with van der Waals surface area (Å²) in [7, 11) is 0. The van der Waals surface area contributed by atoms with Crippen molar-refractivity contribution >= 4 is 6.16 Å². The van der Waals surface area contributed by atoms with Crippen LogP contribution in [0.5, 0.6) is 0 Å². The number of carbonyl (C=O) groups is 1. The van der Waals surface area contributed by atoms with Gasteiger partial charge in [-0.15, -0.1) is 0 Å². The molecule has 0 rings (SSSR count). The second-order valence-electron chi connectivity index (χ2n) is 0.266. The molecule has 0 aromatic heterocycles.